The molecule has 9 heteroatoms. The van der Waals surface area contributed by atoms with Crippen molar-refractivity contribution in [1.29, 1.82) is 0 Å². The maximum Gasteiger partial charge on any atom is 0.228 e. The van der Waals surface area contributed by atoms with Gasteiger partial charge in [-0.1, -0.05) is 12.1 Å². The Bertz CT molecular complexity index is 1120. The van der Waals surface area contributed by atoms with E-state index in [0.717, 1.165) is 24.1 Å². The van der Waals surface area contributed by atoms with Crippen molar-refractivity contribution in [3.8, 4) is 0 Å². The van der Waals surface area contributed by atoms with Crippen molar-refractivity contribution in [3.63, 3.8) is 0 Å². The Kier molecular flexibility index (Phi) is 4.65. The highest BCUT2D eigenvalue weighted by Crippen LogP contribution is 2.32. The fourth-order valence-electron chi connectivity index (χ4n) is 4.50. The smallest absolute Gasteiger partial charge is 0.228 e. The van der Waals surface area contributed by atoms with Crippen LogP contribution < -0.4 is 4.90 Å². The van der Waals surface area contributed by atoms with Gasteiger partial charge < -0.3 is 9.80 Å². The van der Waals surface area contributed by atoms with Gasteiger partial charge in [-0.2, -0.15) is 5.10 Å². The van der Waals surface area contributed by atoms with E-state index in [1.54, 1.807) is 30.6 Å². The van der Waals surface area contributed by atoms with Crippen LogP contribution in [0.1, 0.15) is 30.9 Å². The standard InChI is InChI=1S/C21H21FN6O2/c22-15-5-1-2-6-16(15)28-12-14(10-17(28)29)21(30)27-9-3-4-13(11-27)18-19-20(26-25-18)24-8-7-23-19/h1-2,5-8,13-14H,3-4,9-12H2,(H,24,25,26). The third kappa shape index (κ3) is 3.20. The summed E-state index contributed by atoms with van der Waals surface area (Å²) in [5, 5.41) is 7.25. The molecule has 0 bridgehead atoms. The van der Waals surface area contributed by atoms with Gasteiger partial charge >= 0.3 is 0 Å². The Morgan fingerprint density at radius 1 is 1.17 bits per heavy atom. The molecule has 2 aliphatic rings. The number of amides is 2. The number of hydrogen-bond acceptors (Lipinski definition) is 5. The molecule has 5 rings (SSSR count). The molecular formula is C21H21FN6O2. The molecule has 2 unspecified atom stereocenters. The van der Waals surface area contributed by atoms with Gasteiger partial charge in [0.25, 0.3) is 0 Å². The van der Waals surface area contributed by atoms with Gasteiger partial charge in [0.05, 0.1) is 17.3 Å². The van der Waals surface area contributed by atoms with Gasteiger partial charge in [0.15, 0.2) is 5.65 Å². The molecule has 1 N–H and O–H groups in total. The Balaban J connectivity index is 1.32. The second kappa shape index (κ2) is 7.47. The fourth-order valence-corrected chi connectivity index (χ4v) is 4.50. The van der Waals surface area contributed by atoms with Crippen LogP contribution in [0.5, 0.6) is 0 Å². The molecule has 2 aliphatic heterocycles. The second-order valence-corrected chi connectivity index (χ2v) is 7.85. The molecule has 4 heterocycles. The number of nitrogens with zero attached hydrogens (tertiary/aromatic N) is 5. The van der Waals surface area contributed by atoms with Crippen LogP contribution >= 0.6 is 0 Å². The van der Waals surface area contributed by atoms with E-state index in [0.29, 0.717) is 18.7 Å². The van der Waals surface area contributed by atoms with Crippen LogP contribution in [0, 0.1) is 11.7 Å². The number of anilines is 1. The summed E-state index contributed by atoms with van der Waals surface area (Å²) < 4.78 is 14.1. The minimum Gasteiger partial charge on any atom is -0.342 e. The Morgan fingerprint density at radius 3 is 2.87 bits per heavy atom. The number of hydrogen-bond donors (Lipinski definition) is 1. The highest BCUT2D eigenvalue weighted by Gasteiger charge is 2.39. The number of fused-ring (bicyclic) bond motifs is 1. The monoisotopic (exact) mass is 408 g/mol. The lowest BCUT2D eigenvalue weighted by Gasteiger charge is -2.33. The predicted octanol–water partition coefficient (Wildman–Crippen LogP) is 2.25. The lowest BCUT2D eigenvalue weighted by molar-refractivity contribution is -0.137. The number of para-hydroxylation sites is 1. The van der Waals surface area contributed by atoms with Crippen LogP contribution in [0.25, 0.3) is 11.2 Å². The summed E-state index contributed by atoms with van der Waals surface area (Å²) in [5.41, 5.74) is 2.43. The first-order valence-corrected chi connectivity index (χ1v) is 10.1. The molecule has 2 amide bonds. The Labute approximate surface area is 172 Å². The Morgan fingerprint density at radius 2 is 2.00 bits per heavy atom. The number of benzene rings is 1. The van der Waals surface area contributed by atoms with Crippen molar-refractivity contribution in [2.75, 3.05) is 24.5 Å². The summed E-state index contributed by atoms with van der Waals surface area (Å²) in [6, 6.07) is 6.17. The second-order valence-electron chi connectivity index (χ2n) is 7.85. The summed E-state index contributed by atoms with van der Waals surface area (Å²) in [6.07, 6.45) is 5.11. The molecule has 2 fully saturated rings. The van der Waals surface area contributed by atoms with Crippen molar-refractivity contribution < 1.29 is 14.0 Å². The topological polar surface area (TPSA) is 95.1 Å². The van der Waals surface area contributed by atoms with Gasteiger partial charge in [-0.25, -0.2) is 14.4 Å². The van der Waals surface area contributed by atoms with Crippen LogP contribution in [0.15, 0.2) is 36.7 Å². The number of likely N-dealkylation sites (tertiary alicyclic amines) is 1. The number of aromatic nitrogens is 4. The molecule has 0 saturated carbocycles. The normalized spacial score (nSPS) is 22.1. The lowest BCUT2D eigenvalue weighted by atomic mass is 9.93. The number of aromatic amines is 1. The number of carbonyl (C=O) groups excluding carboxylic acids is 2. The first-order valence-electron chi connectivity index (χ1n) is 10.1. The first-order chi connectivity index (χ1) is 14.6. The average Bonchev–Trinajstić information content (AvgIpc) is 3.37. The number of H-pyrrole nitrogens is 1. The zero-order valence-electron chi connectivity index (χ0n) is 16.3. The van der Waals surface area contributed by atoms with Crippen LogP contribution in [-0.4, -0.2) is 56.5 Å². The molecular weight excluding hydrogens is 387 g/mol. The Hall–Kier alpha value is -3.36. The summed E-state index contributed by atoms with van der Waals surface area (Å²) in [4.78, 5) is 37.5. The number of nitrogens with one attached hydrogen (secondary N) is 1. The van der Waals surface area contributed by atoms with Crippen LogP contribution in [0.3, 0.4) is 0 Å². The quantitative estimate of drug-likeness (QED) is 0.717. The number of rotatable bonds is 3. The van der Waals surface area contributed by atoms with Gasteiger partial charge in [0.2, 0.25) is 11.8 Å². The van der Waals surface area contributed by atoms with Crippen LogP contribution in [-0.2, 0) is 9.59 Å². The highest BCUT2D eigenvalue weighted by molar-refractivity contribution is 6.00. The van der Waals surface area contributed by atoms with Crippen LogP contribution in [0.2, 0.25) is 0 Å². The van der Waals surface area contributed by atoms with Crippen molar-refractivity contribution in [2.24, 2.45) is 5.92 Å². The minimum absolute atomic E-state index is 0.0539. The van der Waals surface area contributed by atoms with Crippen molar-refractivity contribution in [1.82, 2.24) is 25.1 Å². The van der Waals surface area contributed by atoms with Crippen molar-refractivity contribution >= 4 is 28.7 Å². The van der Waals surface area contributed by atoms with Gasteiger partial charge in [-0.15, -0.1) is 0 Å². The molecule has 30 heavy (non-hydrogen) atoms. The lowest BCUT2D eigenvalue weighted by Crippen LogP contribution is -2.43. The van der Waals surface area contributed by atoms with Crippen LogP contribution in [0.4, 0.5) is 10.1 Å². The summed E-state index contributed by atoms with van der Waals surface area (Å²) in [5.74, 6) is -1.11. The van der Waals surface area contributed by atoms with E-state index in [1.807, 2.05) is 4.90 Å². The van der Waals surface area contributed by atoms with Gasteiger partial charge in [0, 0.05) is 44.4 Å². The number of halogens is 1. The molecule has 3 aromatic rings. The molecule has 0 spiro atoms. The summed E-state index contributed by atoms with van der Waals surface area (Å²) in [6.45, 7) is 1.40. The minimum atomic E-state index is -0.464. The van der Waals surface area contributed by atoms with E-state index in [2.05, 4.69) is 20.2 Å². The third-order valence-electron chi connectivity index (χ3n) is 5.98. The number of carbonyl (C=O) groups is 2. The zero-order chi connectivity index (χ0) is 20.7. The van der Waals surface area contributed by atoms with Crippen molar-refractivity contribution in [2.45, 2.75) is 25.2 Å². The van der Waals surface area contributed by atoms with E-state index in [1.165, 1.54) is 11.0 Å². The molecule has 8 nitrogen and oxygen atoms in total. The maximum atomic E-state index is 14.1. The van der Waals surface area contributed by atoms with E-state index >= 15 is 0 Å². The molecule has 2 saturated heterocycles. The predicted molar refractivity (Wildman–Crippen MR) is 107 cm³/mol. The summed E-state index contributed by atoms with van der Waals surface area (Å²) >= 11 is 0. The molecule has 2 atom stereocenters. The molecule has 1 aromatic carbocycles. The van der Waals surface area contributed by atoms with Gasteiger partial charge in [-0.05, 0) is 25.0 Å². The van der Waals surface area contributed by atoms with E-state index in [-0.39, 0.29) is 36.4 Å². The first kappa shape index (κ1) is 18.7. The van der Waals surface area contributed by atoms with Gasteiger partial charge in [-0.3, -0.25) is 14.7 Å². The average molecular weight is 408 g/mol. The van der Waals surface area contributed by atoms with E-state index in [4.69, 9.17) is 0 Å². The SMILES string of the molecule is O=C(C1CC(=O)N(c2ccccc2F)C1)N1CCCC(c2[nH]nc3nccnc23)C1. The third-order valence-corrected chi connectivity index (χ3v) is 5.98. The van der Waals surface area contributed by atoms with E-state index < -0.39 is 11.7 Å². The van der Waals surface area contributed by atoms with Crippen molar-refractivity contribution in [3.05, 3.63) is 48.2 Å². The molecule has 154 valence electrons. The zero-order valence-corrected chi connectivity index (χ0v) is 16.3. The highest BCUT2D eigenvalue weighted by atomic mass is 19.1. The molecule has 0 radical (unpaired) electrons. The van der Waals surface area contributed by atoms with Gasteiger partial charge in [0.1, 0.15) is 11.3 Å². The fraction of sp³-hybridized carbons (Fsp3) is 0.381. The van der Waals surface area contributed by atoms with E-state index in [9.17, 15) is 14.0 Å². The summed E-state index contributed by atoms with van der Waals surface area (Å²) in [7, 11) is 0. The molecule has 0 aliphatic carbocycles. The number of piperidine rings is 1. The molecule has 2 aromatic heterocycles. The maximum absolute atomic E-state index is 14.1. The largest absolute Gasteiger partial charge is 0.342 e.